The molecule has 2 N–H and O–H groups in total. The van der Waals surface area contributed by atoms with Crippen LogP contribution in [0.4, 0.5) is 10.6 Å². The van der Waals surface area contributed by atoms with E-state index in [4.69, 9.17) is 0 Å². The van der Waals surface area contributed by atoms with E-state index in [2.05, 4.69) is 40.0 Å². The molecule has 0 aliphatic heterocycles. The quantitative estimate of drug-likeness (QED) is 0.914. The minimum absolute atomic E-state index is 0.174. The van der Waals surface area contributed by atoms with Crippen molar-refractivity contribution in [2.75, 3.05) is 11.9 Å². The van der Waals surface area contributed by atoms with Crippen molar-refractivity contribution in [1.82, 2.24) is 15.1 Å². The Morgan fingerprint density at radius 2 is 2.27 bits per heavy atom. The van der Waals surface area contributed by atoms with Crippen LogP contribution in [0.25, 0.3) is 0 Å². The number of carbonyl (C=O) groups excluding carboxylic acids is 1. The molecule has 0 radical (unpaired) electrons. The average molecular weight is 296 g/mol. The van der Waals surface area contributed by atoms with Crippen molar-refractivity contribution in [3.05, 3.63) is 47.7 Å². The monoisotopic (exact) mass is 296 g/mol. The number of urea groups is 1. The first-order valence-electron chi connectivity index (χ1n) is 7.80. The van der Waals surface area contributed by atoms with E-state index < -0.39 is 0 Å². The zero-order valence-corrected chi connectivity index (χ0v) is 12.7. The van der Waals surface area contributed by atoms with Crippen LogP contribution in [0.15, 0.2) is 36.5 Å². The second-order valence-electron chi connectivity index (χ2n) is 6.42. The van der Waals surface area contributed by atoms with Crippen molar-refractivity contribution in [2.45, 2.75) is 24.7 Å². The predicted octanol–water partition coefficient (Wildman–Crippen LogP) is 2.45. The number of nitrogens with one attached hydrogen (secondary N) is 2. The van der Waals surface area contributed by atoms with Gasteiger partial charge in [0.05, 0.1) is 0 Å². The number of amides is 2. The summed E-state index contributed by atoms with van der Waals surface area (Å²) in [6, 6.07) is 10.4. The largest absolute Gasteiger partial charge is 0.338 e. The van der Waals surface area contributed by atoms with E-state index in [1.165, 1.54) is 30.4 Å². The highest BCUT2D eigenvalue weighted by atomic mass is 16.2. The summed E-state index contributed by atoms with van der Waals surface area (Å²) in [6.07, 6.45) is 5.39. The van der Waals surface area contributed by atoms with Gasteiger partial charge < -0.3 is 5.32 Å². The third-order valence-electron chi connectivity index (χ3n) is 5.09. The van der Waals surface area contributed by atoms with E-state index in [9.17, 15) is 4.79 Å². The summed E-state index contributed by atoms with van der Waals surface area (Å²) < 4.78 is 1.67. The van der Waals surface area contributed by atoms with E-state index in [0.717, 1.165) is 6.54 Å². The molecule has 4 rings (SSSR count). The van der Waals surface area contributed by atoms with Crippen LogP contribution in [-0.4, -0.2) is 22.4 Å². The molecule has 2 amide bonds. The first-order valence-corrected chi connectivity index (χ1v) is 7.80. The number of anilines is 1. The van der Waals surface area contributed by atoms with E-state index in [0.29, 0.717) is 17.2 Å². The number of hydrogen-bond donors (Lipinski definition) is 2. The van der Waals surface area contributed by atoms with Gasteiger partial charge in [-0.3, -0.25) is 10.00 Å². The zero-order chi connectivity index (χ0) is 15.2. The van der Waals surface area contributed by atoms with Crippen LogP contribution >= 0.6 is 0 Å². The molecule has 1 saturated carbocycles. The number of benzene rings is 1. The Hall–Kier alpha value is -2.30. The van der Waals surface area contributed by atoms with Crippen molar-refractivity contribution >= 4 is 11.8 Å². The highest BCUT2D eigenvalue weighted by molar-refractivity contribution is 5.88. The first-order chi connectivity index (χ1) is 10.7. The molecule has 1 heterocycles. The molecule has 1 aromatic carbocycles. The number of fused-ring (bicyclic) bond motifs is 2. The number of aryl methyl sites for hydroxylation is 2. The molecule has 1 spiro atoms. The summed E-state index contributed by atoms with van der Waals surface area (Å²) in [5.74, 6) is 1.14. The summed E-state index contributed by atoms with van der Waals surface area (Å²) in [6.45, 7) is 0.729. The molecule has 0 saturated heterocycles. The van der Waals surface area contributed by atoms with Gasteiger partial charge in [-0.05, 0) is 36.3 Å². The van der Waals surface area contributed by atoms with Crippen molar-refractivity contribution in [3.8, 4) is 0 Å². The van der Waals surface area contributed by atoms with E-state index in [-0.39, 0.29) is 6.03 Å². The molecular weight excluding hydrogens is 276 g/mol. The second-order valence-corrected chi connectivity index (χ2v) is 6.42. The molecule has 2 unspecified atom stereocenters. The summed E-state index contributed by atoms with van der Waals surface area (Å²) >= 11 is 0. The van der Waals surface area contributed by atoms with Gasteiger partial charge in [0, 0.05) is 31.3 Å². The Morgan fingerprint density at radius 1 is 1.41 bits per heavy atom. The Morgan fingerprint density at radius 3 is 3.09 bits per heavy atom. The fraction of sp³-hybridized carbons (Fsp3) is 0.412. The van der Waals surface area contributed by atoms with Crippen molar-refractivity contribution in [2.24, 2.45) is 13.0 Å². The van der Waals surface area contributed by atoms with Crippen LogP contribution < -0.4 is 10.6 Å². The minimum atomic E-state index is -0.174. The number of rotatable bonds is 3. The molecule has 2 aromatic rings. The smallest absolute Gasteiger partial charge is 0.320 e. The van der Waals surface area contributed by atoms with Gasteiger partial charge in [-0.2, -0.15) is 5.10 Å². The number of carbonyl (C=O) groups is 1. The average Bonchev–Trinajstić information content (AvgIpc) is 2.87. The highest BCUT2D eigenvalue weighted by Gasteiger charge is 2.57. The van der Waals surface area contributed by atoms with Crippen molar-refractivity contribution in [3.63, 3.8) is 0 Å². The number of hydrogen-bond acceptors (Lipinski definition) is 2. The SMILES string of the molecule is Cn1ccc(NC(=O)NCC2CC23CCc2ccccc23)n1. The molecule has 5 heteroatoms. The lowest BCUT2D eigenvalue weighted by Gasteiger charge is -2.12. The van der Waals surface area contributed by atoms with Crippen LogP contribution in [0.5, 0.6) is 0 Å². The van der Waals surface area contributed by atoms with Gasteiger partial charge in [0.15, 0.2) is 5.82 Å². The zero-order valence-electron chi connectivity index (χ0n) is 12.7. The van der Waals surface area contributed by atoms with Crippen LogP contribution in [0.2, 0.25) is 0 Å². The van der Waals surface area contributed by atoms with Gasteiger partial charge in [0.25, 0.3) is 0 Å². The summed E-state index contributed by atoms with van der Waals surface area (Å²) in [5.41, 5.74) is 3.32. The molecule has 22 heavy (non-hydrogen) atoms. The lowest BCUT2D eigenvalue weighted by molar-refractivity contribution is 0.251. The fourth-order valence-corrected chi connectivity index (χ4v) is 3.86. The lowest BCUT2D eigenvalue weighted by atomic mass is 9.95. The van der Waals surface area contributed by atoms with E-state index in [1.807, 2.05) is 7.05 Å². The molecule has 2 atom stereocenters. The highest BCUT2D eigenvalue weighted by Crippen LogP contribution is 2.61. The molecule has 1 fully saturated rings. The van der Waals surface area contributed by atoms with Crippen molar-refractivity contribution < 1.29 is 4.79 Å². The minimum Gasteiger partial charge on any atom is -0.338 e. The predicted molar refractivity (Wildman–Crippen MR) is 84.8 cm³/mol. The molecule has 2 aliphatic carbocycles. The Kier molecular flexibility index (Phi) is 2.96. The number of aromatic nitrogens is 2. The standard InChI is InChI=1S/C17H20N4O/c1-21-9-7-15(20-21)19-16(22)18-11-13-10-17(13)8-6-12-4-2-3-5-14(12)17/h2-5,7,9,13H,6,8,10-11H2,1H3,(H2,18,19,20,22). The summed E-state index contributed by atoms with van der Waals surface area (Å²) in [7, 11) is 1.83. The van der Waals surface area contributed by atoms with Crippen LogP contribution in [0, 0.1) is 5.92 Å². The van der Waals surface area contributed by atoms with Gasteiger partial charge in [-0.1, -0.05) is 24.3 Å². The van der Waals surface area contributed by atoms with Gasteiger partial charge in [0.2, 0.25) is 0 Å². The molecule has 1 aromatic heterocycles. The molecule has 0 bridgehead atoms. The van der Waals surface area contributed by atoms with Crippen LogP contribution in [-0.2, 0) is 18.9 Å². The molecule has 2 aliphatic rings. The Balaban J connectivity index is 1.34. The van der Waals surface area contributed by atoms with Crippen molar-refractivity contribution in [1.29, 1.82) is 0 Å². The normalized spacial score (nSPS) is 25.0. The maximum absolute atomic E-state index is 11.9. The third-order valence-corrected chi connectivity index (χ3v) is 5.09. The maximum Gasteiger partial charge on any atom is 0.320 e. The number of nitrogens with zero attached hydrogens (tertiary/aromatic N) is 2. The summed E-state index contributed by atoms with van der Waals surface area (Å²) in [5, 5.41) is 9.89. The second kappa shape index (κ2) is 4.87. The van der Waals surface area contributed by atoms with Gasteiger partial charge in [0.1, 0.15) is 0 Å². The Bertz CT molecular complexity index is 723. The third kappa shape index (κ3) is 2.17. The lowest BCUT2D eigenvalue weighted by Crippen LogP contribution is -2.31. The first kappa shape index (κ1) is 13.4. The Labute approximate surface area is 129 Å². The summed E-state index contributed by atoms with van der Waals surface area (Å²) in [4.78, 5) is 11.9. The van der Waals surface area contributed by atoms with Crippen LogP contribution in [0.3, 0.4) is 0 Å². The molecule has 5 nitrogen and oxygen atoms in total. The van der Waals surface area contributed by atoms with Gasteiger partial charge in [-0.15, -0.1) is 0 Å². The van der Waals surface area contributed by atoms with Crippen LogP contribution in [0.1, 0.15) is 24.0 Å². The maximum atomic E-state index is 11.9. The van der Waals surface area contributed by atoms with E-state index in [1.54, 1.807) is 16.9 Å². The topological polar surface area (TPSA) is 59.0 Å². The molecule has 114 valence electrons. The van der Waals surface area contributed by atoms with Gasteiger partial charge in [-0.25, -0.2) is 4.79 Å². The fourth-order valence-electron chi connectivity index (χ4n) is 3.86. The van der Waals surface area contributed by atoms with E-state index >= 15 is 0 Å². The molecular formula is C17H20N4O. The van der Waals surface area contributed by atoms with Gasteiger partial charge >= 0.3 is 6.03 Å².